The van der Waals surface area contributed by atoms with Gasteiger partial charge in [-0.15, -0.1) is 0 Å². The molecule has 0 saturated heterocycles. The summed E-state index contributed by atoms with van der Waals surface area (Å²) in [6, 6.07) is 0. The van der Waals surface area contributed by atoms with Crippen LogP contribution >= 0.6 is 15.9 Å². The zero-order valence-corrected chi connectivity index (χ0v) is 10.0. The highest BCUT2D eigenvalue weighted by Crippen LogP contribution is 2.27. The lowest BCUT2D eigenvalue weighted by Crippen LogP contribution is -2.21. The highest BCUT2D eigenvalue weighted by molar-refractivity contribution is 9.10. The average molecular weight is 258 g/mol. The Balaban J connectivity index is 2.19. The van der Waals surface area contributed by atoms with Gasteiger partial charge in [0.05, 0.1) is 5.69 Å². The quantitative estimate of drug-likeness (QED) is 0.880. The van der Waals surface area contributed by atoms with Crippen LogP contribution in [0.2, 0.25) is 0 Å². The Morgan fingerprint density at radius 1 is 1.64 bits per heavy atom. The van der Waals surface area contributed by atoms with Gasteiger partial charge < -0.3 is 10.3 Å². The molecule has 0 radical (unpaired) electrons. The monoisotopic (exact) mass is 257 g/mol. The van der Waals surface area contributed by atoms with E-state index >= 15 is 0 Å². The Labute approximate surface area is 92.8 Å². The molecule has 1 aromatic rings. The van der Waals surface area contributed by atoms with E-state index in [-0.39, 0.29) is 0 Å². The molecule has 2 heterocycles. The van der Waals surface area contributed by atoms with Crippen molar-refractivity contribution in [3.8, 4) is 0 Å². The van der Waals surface area contributed by atoms with Gasteiger partial charge in [0.2, 0.25) is 0 Å². The number of rotatable bonds is 2. The summed E-state index contributed by atoms with van der Waals surface area (Å²) in [7, 11) is 0. The molecule has 1 aliphatic rings. The van der Waals surface area contributed by atoms with Gasteiger partial charge in [0.15, 0.2) is 0 Å². The van der Waals surface area contributed by atoms with Gasteiger partial charge in [-0.2, -0.15) is 0 Å². The molecular weight excluding hydrogens is 242 g/mol. The molecule has 4 heteroatoms. The molecule has 2 N–H and O–H groups in total. The van der Waals surface area contributed by atoms with E-state index in [4.69, 9.17) is 5.73 Å². The van der Waals surface area contributed by atoms with Crippen molar-refractivity contribution in [3.05, 3.63) is 16.1 Å². The van der Waals surface area contributed by atoms with Crippen molar-refractivity contribution in [2.75, 3.05) is 6.54 Å². The van der Waals surface area contributed by atoms with Crippen LogP contribution in [-0.2, 0) is 13.0 Å². The minimum Gasteiger partial charge on any atom is -0.330 e. The minimum absolute atomic E-state index is 0.737. The van der Waals surface area contributed by atoms with Crippen molar-refractivity contribution in [2.45, 2.75) is 32.7 Å². The minimum atomic E-state index is 0.737. The third-order valence-corrected chi connectivity index (χ3v) is 3.95. The average Bonchev–Trinajstić information content (AvgIpc) is 2.43. The van der Waals surface area contributed by atoms with Crippen molar-refractivity contribution < 1.29 is 0 Å². The summed E-state index contributed by atoms with van der Waals surface area (Å²) in [5.74, 6) is 1.96. The van der Waals surface area contributed by atoms with Crippen LogP contribution in [0.5, 0.6) is 0 Å². The number of aryl methyl sites for hydroxylation is 1. The Morgan fingerprint density at radius 2 is 2.43 bits per heavy atom. The summed E-state index contributed by atoms with van der Waals surface area (Å²) in [6.07, 6.45) is 3.45. The van der Waals surface area contributed by atoms with Crippen LogP contribution in [0.1, 0.15) is 24.4 Å². The largest absolute Gasteiger partial charge is 0.330 e. The third-order valence-electron chi connectivity index (χ3n) is 2.95. The predicted molar refractivity (Wildman–Crippen MR) is 60.1 cm³/mol. The third kappa shape index (κ3) is 1.73. The molecule has 3 nitrogen and oxygen atoms in total. The molecule has 0 bridgehead atoms. The van der Waals surface area contributed by atoms with Crippen molar-refractivity contribution in [2.24, 2.45) is 11.7 Å². The lowest BCUT2D eigenvalue weighted by Gasteiger charge is -2.23. The molecule has 2 rings (SSSR count). The maximum absolute atomic E-state index is 5.58. The fourth-order valence-corrected chi connectivity index (χ4v) is 2.62. The summed E-state index contributed by atoms with van der Waals surface area (Å²) in [5, 5.41) is 0. The van der Waals surface area contributed by atoms with E-state index in [1.54, 1.807) is 0 Å². The molecule has 0 spiro atoms. The highest BCUT2D eigenvalue weighted by Gasteiger charge is 2.21. The number of nitrogens with two attached hydrogens (primary N) is 1. The van der Waals surface area contributed by atoms with E-state index in [1.807, 2.05) is 6.92 Å². The zero-order chi connectivity index (χ0) is 10.1. The van der Waals surface area contributed by atoms with Gasteiger partial charge in [0.25, 0.3) is 0 Å². The second-order valence-electron chi connectivity index (χ2n) is 3.99. The van der Waals surface area contributed by atoms with E-state index in [9.17, 15) is 0 Å². The molecule has 14 heavy (non-hydrogen) atoms. The standard InChI is InChI=1S/C10H16BrN3/c1-7-10(11)14-5-3-8(2-4-12)6-9(14)13-7/h8H,2-6,12H2,1H3. The van der Waals surface area contributed by atoms with Gasteiger partial charge in [-0.3, -0.25) is 0 Å². The van der Waals surface area contributed by atoms with Crippen LogP contribution in [0.3, 0.4) is 0 Å². The van der Waals surface area contributed by atoms with Gasteiger partial charge in [-0.05, 0) is 48.2 Å². The molecule has 0 saturated carbocycles. The molecule has 1 aliphatic heterocycles. The first-order valence-corrected chi connectivity index (χ1v) is 5.93. The van der Waals surface area contributed by atoms with Crippen LogP contribution < -0.4 is 5.73 Å². The molecule has 0 fully saturated rings. The summed E-state index contributed by atoms with van der Waals surface area (Å²) in [4.78, 5) is 4.56. The van der Waals surface area contributed by atoms with E-state index in [0.717, 1.165) is 42.1 Å². The molecular formula is C10H16BrN3. The van der Waals surface area contributed by atoms with Crippen LogP contribution in [-0.4, -0.2) is 16.1 Å². The second-order valence-corrected chi connectivity index (χ2v) is 4.74. The Kier molecular flexibility index (Phi) is 2.93. The molecule has 0 aromatic carbocycles. The molecule has 0 aliphatic carbocycles. The molecule has 1 aromatic heterocycles. The Hall–Kier alpha value is -0.350. The highest BCUT2D eigenvalue weighted by atomic mass is 79.9. The van der Waals surface area contributed by atoms with Crippen LogP contribution in [0.4, 0.5) is 0 Å². The van der Waals surface area contributed by atoms with Gasteiger partial charge in [-0.1, -0.05) is 0 Å². The summed E-state index contributed by atoms with van der Waals surface area (Å²) >= 11 is 3.57. The lowest BCUT2D eigenvalue weighted by atomic mass is 9.94. The number of nitrogens with zero attached hydrogens (tertiary/aromatic N) is 2. The number of hydrogen-bond donors (Lipinski definition) is 1. The van der Waals surface area contributed by atoms with Crippen molar-refractivity contribution in [1.82, 2.24) is 9.55 Å². The van der Waals surface area contributed by atoms with Crippen molar-refractivity contribution in [3.63, 3.8) is 0 Å². The Morgan fingerprint density at radius 3 is 3.14 bits per heavy atom. The number of fused-ring (bicyclic) bond motifs is 1. The van der Waals surface area contributed by atoms with Crippen LogP contribution in [0, 0.1) is 12.8 Å². The van der Waals surface area contributed by atoms with E-state index < -0.39 is 0 Å². The first-order chi connectivity index (χ1) is 6.72. The number of imidazole rings is 1. The molecule has 0 amide bonds. The second kappa shape index (κ2) is 4.03. The first-order valence-electron chi connectivity index (χ1n) is 5.14. The fraction of sp³-hybridized carbons (Fsp3) is 0.700. The molecule has 78 valence electrons. The smallest absolute Gasteiger partial charge is 0.110 e. The summed E-state index contributed by atoms with van der Waals surface area (Å²) in [6.45, 7) is 3.93. The van der Waals surface area contributed by atoms with Gasteiger partial charge in [0, 0.05) is 13.0 Å². The summed E-state index contributed by atoms with van der Waals surface area (Å²) < 4.78 is 3.43. The normalized spacial score (nSPS) is 20.9. The maximum Gasteiger partial charge on any atom is 0.110 e. The first kappa shape index (κ1) is 10.2. The Bertz CT molecular complexity index is 332. The van der Waals surface area contributed by atoms with Crippen LogP contribution in [0.15, 0.2) is 4.60 Å². The van der Waals surface area contributed by atoms with Crippen molar-refractivity contribution >= 4 is 15.9 Å². The summed E-state index contributed by atoms with van der Waals surface area (Å²) in [5.41, 5.74) is 6.68. The predicted octanol–water partition coefficient (Wildman–Crippen LogP) is 1.87. The molecule has 1 unspecified atom stereocenters. The van der Waals surface area contributed by atoms with E-state index in [2.05, 4.69) is 25.5 Å². The zero-order valence-electron chi connectivity index (χ0n) is 8.46. The van der Waals surface area contributed by atoms with Gasteiger partial charge >= 0.3 is 0 Å². The molecule has 1 atom stereocenters. The van der Waals surface area contributed by atoms with E-state index in [1.165, 1.54) is 12.2 Å². The van der Waals surface area contributed by atoms with E-state index in [0.29, 0.717) is 0 Å². The van der Waals surface area contributed by atoms with Gasteiger partial charge in [0.1, 0.15) is 10.4 Å². The number of hydrogen-bond acceptors (Lipinski definition) is 2. The van der Waals surface area contributed by atoms with Crippen molar-refractivity contribution in [1.29, 1.82) is 0 Å². The number of aromatic nitrogens is 2. The topological polar surface area (TPSA) is 43.8 Å². The lowest BCUT2D eigenvalue weighted by molar-refractivity contribution is 0.363. The fourth-order valence-electron chi connectivity index (χ4n) is 2.15. The van der Waals surface area contributed by atoms with Gasteiger partial charge in [-0.25, -0.2) is 4.98 Å². The SMILES string of the molecule is Cc1nc2n(c1Br)CCC(CCN)C2. The maximum atomic E-state index is 5.58. The van der Waals surface area contributed by atoms with Crippen LogP contribution in [0.25, 0.3) is 0 Å². The number of halogens is 1.